The average Bonchev–Trinajstić information content (AvgIpc) is 3.13. The van der Waals surface area contributed by atoms with E-state index in [9.17, 15) is 9.90 Å². The highest BCUT2D eigenvalue weighted by atomic mass is 79.9. The fourth-order valence-corrected chi connectivity index (χ4v) is 9.78. The molecule has 0 saturated carbocycles. The molecule has 0 heterocycles. The van der Waals surface area contributed by atoms with Gasteiger partial charge in [0, 0.05) is 4.47 Å². The first-order chi connectivity index (χ1) is 15.8. The van der Waals surface area contributed by atoms with Crippen LogP contribution in [0.1, 0.15) is 63.2 Å². The Morgan fingerprint density at radius 1 is 0.879 bits per heavy atom. The van der Waals surface area contributed by atoms with Gasteiger partial charge in [-0.15, -0.1) is 0 Å². The van der Waals surface area contributed by atoms with Crippen LogP contribution in [0.15, 0.2) is 83.3 Å². The zero-order valence-corrected chi connectivity index (χ0v) is 22.3. The molecule has 2 unspecified atom stereocenters. The van der Waals surface area contributed by atoms with Gasteiger partial charge >= 0.3 is 0 Å². The number of aliphatic hydroxyl groups is 1. The van der Waals surface area contributed by atoms with Gasteiger partial charge in [-0.25, -0.2) is 0 Å². The maximum Gasteiger partial charge on any atom is 0.258 e. The van der Waals surface area contributed by atoms with E-state index in [1.165, 1.54) is 5.56 Å². The van der Waals surface area contributed by atoms with E-state index >= 15 is 0 Å². The Bertz CT molecular complexity index is 1010. The van der Waals surface area contributed by atoms with Gasteiger partial charge in [0.1, 0.15) is 0 Å². The molecule has 1 aliphatic carbocycles. The highest BCUT2D eigenvalue weighted by Gasteiger charge is 2.49. The molecule has 0 spiro atoms. The van der Waals surface area contributed by atoms with Crippen LogP contribution in [0.4, 0.5) is 0 Å². The molecule has 0 bridgehead atoms. The Balaban J connectivity index is 1.37. The number of rotatable bonds is 9. The average molecular weight is 524 g/mol. The Morgan fingerprint density at radius 3 is 2.09 bits per heavy atom. The van der Waals surface area contributed by atoms with Gasteiger partial charge in [-0.2, -0.15) is 0 Å². The molecule has 0 saturated heterocycles. The Morgan fingerprint density at radius 2 is 1.48 bits per heavy atom. The summed E-state index contributed by atoms with van der Waals surface area (Å²) in [6.45, 7) is 4.49. The van der Waals surface area contributed by atoms with E-state index in [4.69, 9.17) is 0 Å². The molecular weight excluding hydrogens is 488 g/mol. The smallest absolute Gasteiger partial charge is 0.258 e. The van der Waals surface area contributed by atoms with Crippen LogP contribution in [0, 0.1) is 5.92 Å². The van der Waals surface area contributed by atoms with Gasteiger partial charge < -0.3 is 9.90 Å². The molecule has 33 heavy (non-hydrogen) atoms. The monoisotopic (exact) mass is 522 g/mol. The molecule has 3 aromatic rings. The molecule has 3 aromatic carbocycles. The maximum atomic E-state index is 12.3. The van der Waals surface area contributed by atoms with Crippen LogP contribution in [-0.4, -0.2) is 18.2 Å². The van der Waals surface area contributed by atoms with Crippen molar-refractivity contribution in [2.45, 2.75) is 63.5 Å². The molecule has 2 N–H and O–H groups in total. The molecule has 174 valence electrons. The minimum absolute atomic E-state index is 0.189. The van der Waals surface area contributed by atoms with Crippen LogP contribution in [0.5, 0.6) is 0 Å². The van der Waals surface area contributed by atoms with Crippen molar-refractivity contribution in [2.24, 2.45) is 5.92 Å². The van der Waals surface area contributed by atoms with E-state index in [0.29, 0.717) is 5.92 Å². The highest BCUT2D eigenvalue weighted by Crippen LogP contribution is 2.42. The Labute approximate surface area is 208 Å². The molecule has 0 fully saturated rings. The molecule has 0 aromatic heterocycles. The van der Waals surface area contributed by atoms with Crippen LogP contribution in [0.2, 0.25) is 5.04 Å². The molecule has 2 atom stereocenters. The maximum absolute atomic E-state index is 12.3. The van der Waals surface area contributed by atoms with Crippen molar-refractivity contribution < 1.29 is 9.90 Å². The number of hydrogen-bond acceptors (Lipinski definition) is 2. The first kappa shape index (κ1) is 24.4. The molecule has 2 nitrogen and oxygen atoms in total. The summed E-state index contributed by atoms with van der Waals surface area (Å²) in [4.78, 5) is 12.3. The second kappa shape index (κ2) is 10.3. The van der Waals surface area contributed by atoms with E-state index in [-0.39, 0.29) is 11.1 Å². The second-order valence-electron chi connectivity index (χ2n) is 10.2. The summed E-state index contributed by atoms with van der Waals surface area (Å²) in [6.07, 6.45) is 5.99. The third kappa shape index (κ3) is 5.04. The third-order valence-electron chi connectivity index (χ3n) is 7.59. The van der Waals surface area contributed by atoms with Gasteiger partial charge in [0.25, 0.3) is 8.32 Å². The lowest BCUT2D eigenvalue weighted by atomic mass is 9.95. The van der Waals surface area contributed by atoms with Crippen molar-refractivity contribution in [2.75, 3.05) is 0 Å². The van der Waals surface area contributed by atoms with Crippen LogP contribution in [0.25, 0.3) is 0 Å². The van der Waals surface area contributed by atoms with Gasteiger partial charge in [-0.1, -0.05) is 116 Å². The van der Waals surface area contributed by atoms with E-state index in [1.807, 2.05) is 42.5 Å². The van der Waals surface area contributed by atoms with Gasteiger partial charge in [0.05, 0.1) is 6.10 Å². The highest BCUT2D eigenvalue weighted by molar-refractivity contribution is 9.10. The predicted molar refractivity (Wildman–Crippen MR) is 144 cm³/mol. The minimum Gasteiger partial charge on any atom is -0.424 e. The number of aliphatic hydroxyl groups excluding tert-OH is 1. The van der Waals surface area contributed by atoms with Crippen molar-refractivity contribution in [3.63, 3.8) is 0 Å². The third-order valence-corrected chi connectivity index (χ3v) is 12.6. The molecule has 4 heteroatoms. The van der Waals surface area contributed by atoms with Crippen LogP contribution in [-0.2, 0) is 6.42 Å². The van der Waals surface area contributed by atoms with Crippen molar-refractivity contribution in [3.8, 4) is 0 Å². The van der Waals surface area contributed by atoms with Crippen LogP contribution < -0.4 is 10.4 Å². The number of hydrogen-bond donors (Lipinski definition) is 2. The summed E-state index contributed by atoms with van der Waals surface area (Å²) < 4.78 is 1.09. The zero-order chi connectivity index (χ0) is 23.5. The lowest BCUT2D eigenvalue weighted by Crippen LogP contribution is -2.65. The normalized spacial score (nSPS) is 18.3. The summed E-state index contributed by atoms with van der Waals surface area (Å²) in [5, 5.41) is 12.7. The molecule has 4 rings (SSSR count). The number of unbranched alkanes of at least 4 members (excludes halogenated alkanes) is 2. The SMILES string of the molecule is CC(C)(CCCCCC1Cc2cc(Br)ccc2C1O)[Si](O)(c1ccccc1)c1ccccc1. The van der Waals surface area contributed by atoms with Crippen LogP contribution in [0.3, 0.4) is 0 Å². The standard InChI is InChI=1S/C29H35BrO2Si/c1-29(2,33(32,25-13-7-3-8-14-25)26-15-9-4-10-16-26)19-11-5-6-12-22-20-23-21-24(30)17-18-27(23)28(22)31/h3-4,7-10,13-18,21-22,28,31-32H,5-6,11-12,19-20H2,1-2H3. The first-order valence-electron chi connectivity index (χ1n) is 12.1. The Hall–Kier alpha value is -1.72. The molecule has 0 amide bonds. The van der Waals surface area contributed by atoms with Crippen LogP contribution >= 0.6 is 15.9 Å². The van der Waals surface area contributed by atoms with E-state index in [0.717, 1.165) is 58.9 Å². The van der Waals surface area contributed by atoms with E-state index in [1.54, 1.807) is 0 Å². The largest absolute Gasteiger partial charge is 0.424 e. The van der Waals surface area contributed by atoms with Crippen molar-refractivity contribution in [3.05, 3.63) is 94.5 Å². The number of halogens is 1. The quantitative estimate of drug-likeness (QED) is 0.261. The van der Waals surface area contributed by atoms with E-state index < -0.39 is 8.32 Å². The minimum atomic E-state index is -2.92. The summed E-state index contributed by atoms with van der Waals surface area (Å²) in [6, 6.07) is 26.8. The van der Waals surface area contributed by atoms with Gasteiger partial charge in [0.2, 0.25) is 0 Å². The van der Waals surface area contributed by atoms with Gasteiger partial charge in [-0.3, -0.25) is 0 Å². The molecule has 1 aliphatic rings. The van der Waals surface area contributed by atoms with Gasteiger partial charge in [-0.05, 0) is 63.9 Å². The van der Waals surface area contributed by atoms with Crippen molar-refractivity contribution in [1.29, 1.82) is 0 Å². The topological polar surface area (TPSA) is 40.5 Å². The lowest BCUT2D eigenvalue weighted by Gasteiger charge is -2.41. The summed E-state index contributed by atoms with van der Waals surface area (Å²) in [7, 11) is -2.92. The summed E-state index contributed by atoms with van der Waals surface area (Å²) in [5.41, 5.74) is 2.39. The van der Waals surface area contributed by atoms with E-state index in [2.05, 4.69) is 66.2 Å². The van der Waals surface area contributed by atoms with Crippen molar-refractivity contribution >= 4 is 34.6 Å². The summed E-state index contributed by atoms with van der Waals surface area (Å²) in [5.74, 6) is 0.322. The number of benzene rings is 3. The second-order valence-corrected chi connectivity index (χ2v) is 15.0. The fourth-order valence-electron chi connectivity index (χ4n) is 5.59. The first-order valence-corrected chi connectivity index (χ1v) is 14.9. The summed E-state index contributed by atoms with van der Waals surface area (Å²) >= 11 is 3.55. The zero-order valence-electron chi connectivity index (χ0n) is 19.7. The molecule has 0 aliphatic heterocycles. The predicted octanol–water partition coefficient (Wildman–Crippen LogP) is 6.14. The molecular formula is C29H35BrO2Si. The lowest BCUT2D eigenvalue weighted by molar-refractivity contribution is 0.116. The molecule has 0 radical (unpaired) electrons. The fraction of sp³-hybridized carbons (Fsp3) is 0.379. The van der Waals surface area contributed by atoms with Crippen molar-refractivity contribution in [1.82, 2.24) is 0 Å². The van der Waals surface area contributed by atoms with Gasteiger partial charge in [0.15, 0.2) is 0 Å². The number of fused-ring (bicyclic) bond motifs is 1. The Kier molecular flexibility index (Phi) is 7.59.